The summed E-state index contributed by atoms with van der Waals surface area (Å²) in [7, 11) is 0. The lowest BCUT2D eigenvalue weighted by molar-refractivity contribution is -0.111. The van der Waals surface area contributed by atoms with E-state index in [1.165, 1.54) is 45.3 Å². The average Bonchev–Trinajstić information content (AvgIpc) is 2.99. The number of nitrogens with two attached hydrogens (primary N) is 1. The topological polar surface area (TPSA) is 55.6 Å². The van der Waals surface area contributed by atoms with Crippen LogP contribution in [0.5, 0.6) is 0 Å². The quantitative estimate of drug-likeness (QED) is 0.496. The van der Waals surface area contributed by atoms with Crippen molar-refractivity contribution in [2.45, 2.75) is 64.9 Å². The molecule has 0 saturated carbocycles. The monoisotopic (exact) mass is 320 g/mol. The lowest BCUT2D eigenvalue weighted by Gasteiger charge is -2.16. The van der Waals surface area contributed by atoms with Gasteiger partial charge in [-0.15, -0.1) is 0 Å². The molecule has 1 aliphatic rings. The fourth-order valence-corrected chi connectivity index (χ4v) is 2.28. The molecular formula is C16H33ClN2O2. The molecule has 1 heterocycles. The van der Waals surface area contributed by atoms with Crippen molar-refractivity contribution in [1.29, 1.82) is 0 Å². The van der Waals surface area contributed by atoms with Gasteiger partial charge in [0, 0.05) is 19.6 Å². The summed E-state index contributed by atoms with van der Waals surface area (Å²) in [6.07, 6.45) is 8.21. The maximum atomic E-state index is 9.58. The van der Waals surface area contributed by atoms with E-state index in [9.17, 15) is 4.79 Å². The number of carbonyl (C=O) groups excluding carboxylic acids is 1. The van der Waals surface area contributed by atoms with Crippen LogP contribution in [-0.2, 0) is 9.53 Å². The predicted octanol–water partition coefficient (Wildman–Crippen LogP) is 3.17. The van der Waals surface area contributed by atoms with Gasteiger partial charge in [-0.05, 0) is 63.3 Å². The van der Waals surface area contributed by atoms with Crippen LogP contribution in [0.4, 0.5) is 0 Å². The van der Waals surface area contributed by atoms with E-state index in [0.29, 0.717) is 13.0 Å². The van der Waals surface area contributed by atoms with E-state index in [1.54, 1.807) is 6.92 Å². The first kappa shape index (κ1) is 20.8. The number of unbranched alkanes of at least 4 members (excludes halogenated alkanes) is 1. The summed E-state index contributed by atoms with van der Waals surface area (Å²) < 4.78 is 5.75. The third-order valence-electron chi connectivity index (χ3n) is 3.57. The van der Waals surface area contributed by atoms with Crippen molar-refractivity contribution in [2.75, 3.05) is 32.8 Å². The van der Waals surface area contributed by atoms with Crippen molar-refractivity contribution in [2.24, 2.45) is 5.73 Å². The zero-order valence-corrected chi connectivity index (χ0v) is 14.5. The zero-order chi connectivity index (χ0) is 15.9. The second-order valence-electron chi connectivity index (χ2n) is 5.48. The minimum Gasteiger partial charge on any atom is -0.377 e. The van der Waals surface area contributed by atoms with Crippen LogP contribution >= 0.6 is 11.6 Å². The molecule has 0 spiro atoms. The van der Waals surface area contributed by atoms with Gasteiger partial charge in [-0.2, -0.15) is 0 Å². The van der Waals surface area contributed by atoms with E-state index in [-0.39, 0.29) is 11.3 Å². The highest BCUT2D eigenvalue weighted by Gasteiger charge is 2.10. The molecule has 0 aromatic carbocycles. The van der Waals surface area contributed by atoms with Gasteiger partial charge in [0.15, 0.2) is 0 Å². The highest BCUT2D eigenvalue weighted by molar-refractivity contribution is 6.63. The number of rotatable bonds is 10. The van der Waals surface area contributed by atoms with Crippen LogP contribution in [0.3, 0.4) is 0 Å². The summed E-state index contributed by atoms with van der Waals surface area (Å²) >= 11 is 4.82. The van der Waals surface area contributed by atoms with E-state index in [2.05, 4.69) is 11.8 Å². The molecule has 126 valence electrons. The Kier molecular flexibility index (Phi) is 14.7. The van der Waals surface area contributed by atoms with E-state index in [1.807, 2.05) is 0 Å². The molecule has 0 aromatic heterocycles. The molecule has 1 rings (SSSR count). The standard InChI is InChI=1S/C13H28N2O.C3H5ClO/c1-2-7-13(12-14)16-11-6-5-10-15-8-3-4-9-15;1-2-3(4)5/h13H,2-12,14H2,1H3;2H2,1H3. The molecule has 0 aromatic rings. The molecule has 1 saturated heterocycles. The Bertz CT molecular complexity index is 246. The van der Waals surface area contributed by atoms with Gasteiger partial charge in [-0.3, -0.25) is 4.79 Å². The Morgan fingerprint density at radius 1 is 1.29 bits per heavy atom. The number of hydrogen-bond donors (Lipinski definition) is 1. The molecule has 4 nitrogen and oxygen atoms in total. The van der Waals surface area contributed by atoms with Crippen molar-refractivity contribution in [3.63, 3.8) is 0 Å². The van der Waals surface area contributed by atoms with Crippen molar-refractivity contribution >= 4 is 16.8 Å². The molecule has 2 N–H and O–H groups in total. The van der Waals surface area contributed by atoms with Crippen molar-refractivity contribution in [1.82, 2.24) is 4.90 Å². The van der Waals surface area contributed by atoms with Gasteiger partial charge in [0.05, 0.1) is 6.10 Å². The first-order valence-corrected chi connectivity index (χ1v) is 8.74. The number of likely N-dealkylation sites (tertiary alicyclic amines) is 1. The Hall–Kier alpha value is -0.160. The molecule has 21 heavy (non-hydrogen) atoms. The van der Waals surface area contributed by atoms with Crippen molar-refractivity contribution < 1.29 is 9.53 Å². The molecule has 0 amide bonds. The minimum atomic E-state index is -0.273. The number of hydrogen-bond acceptors (Lipinski definition) is 4. The van der Waals surface area contributed by atoms with E-state index in [4.69, 9.17) is 22.1 Å². The van der Waals surface area contributed by atoms with E-state index < -0.39 is 0 Å². The SMILES string of the molecule is CCC(=O)Cl.CCCC(CN)OCCCCN1CCCC1. The molecule has 1 aliphatic heterocycles. The van der Waals surface area contributed by atoms with Gasteiger partial charge in [-0.1, -0.05) is 20.3 Å². The molecule has 0 radical (unpaired) electrons. The summed E-state index contributed by atoms with van der Waals surface area (Å²) in [6, 6.07) is 0. The number of ether oxygens (including phenoxy) is 1. The normalized spacial score (nSPS) is 16.4. The first-order valence-electron chi connectivity index (χ1n) is 8.36. The zero-order valence-electron chi connectivity index (χ0n) is 13.8. The van der Waals surface area contributed by atoms with Gasteiger partial charge >= 0.3 is 0 Å². The summed E-state index contributed by atoms with van der Waals surface area (Å²) in [4.78, 5) is 12.1. The fourth-order valence-electron chi connectivity index (χ4n) is 2.28. The Morgan fingerprint density at radius 3 is 2.38 bits per heavy atom. The molecule has 1 unspecified atom stereocenters. The van der Waals surface area contributed by atoms with Gasteiger partial charge in [0.1, 0.15) is 0 Å². The molecule has 1 atom stereocenters. The molecule has 0 bridgehead atoms. The lowest BCUT2D eigenvalue weighted by atomic mass is 10.2. The third kappa shape index (κ3) is 13.2. The smallest absolute Gasteiger partial charge is 0.221 e. The molecule has 0 aliphatic carbocycles. The van der Waals surface area contributed by atoms with Gasteiger partial charge in [-0.25, -0.2) is 0 Å². The highest BCUT2D eigenvalue weighted by Crippen LogP contribution is 2.08. The van der Waals surface area contributed by atoms with Crippen LogP contribution < -0.4 is 5.73 Å². The van der Waals surface area contributed by atoms with Crippen molar-refractivity contribution in [3.8, 4) is 0 Å². The van der Waals surface area contributed by atoms with E-state index >= 15 is 0 Å². The fraction of sp³-hybridized carbons (Fsp3) is 0.938. The molecular weight excluding hydrogens is 288 g/mol. The number of carbonyl (C=O) groups is 1. The number of halogens is 1. The van der Waals surface area contributed by atoms with Crippen LogP contribution in [0, 0.1) is 0 Å². The maximum Gasteiger partial charge on any atom is 0.221 e. The largest absolute Gasteiger partial charge is 0.377 e. The van der Waals surface area contributed by atoms with Crippen LogP contribution in [0.25, 0.3) is 0 Å². The Labute approximate surface area is 135 Å². The summed E-state index contributed by atoms with van der Waals surface area (Å²) in [5.41, 5.74) is 5.64. The van der Waals surface area contributed by atoms with Gasteiger partial charge in [0.25, 0.3) is 0 Å². The van der Waals surface area contributed by atoms with Crippen LogP contribution in [0.15, 0.2) is 0 Å². The molecule has 1 fully saturated rings. The maximum absolute atomic E-state index is 9.58. The molecule has 5 heteroatoms. The van der Waals surface area contributed by atoms with E-state index in [0.717, 1.165) is 19.4 Å². The summed E-state index contributed by atoms with van der Waals surface area (Å²) in [5, 5.41) is -0.273. The van der Waals surface area contributed by atoms with Crippen LogP contribution in [-0.4, -0.2) is 49.0 Å². The minimum absolute atomic E-state index is 0.273. The highest BCUT2D eigenvalue weighted by atomic mass is 35.5. The van der Waals surface area contributed by atoms with Gasteiger partial charge < -0.3 is 15.4 Å². The van der Waals surface area contributed by atoms with Gasteiger partial charge in [0.2, 0.25) is 5.24 Å². The first-order chi connectivity index (χ1) is 10.1. The second-order valence-corrected chi connectivity index (χ2v) is 5.90. The predicted molar refractivity (Wildman–Crippen MR) is 89.8 cm³/mol. The van der Waals surface area contributed by atoms with Crippen LogP contribution in [0.2, 0.25) is 0 Å². The summed E-state index contributed by atoms with van der Waals surface area (Å²) in [6.45, 7) is 9.32. The Balaban J connectivity index is 0.000000690. The van der Waals surface area contributed by atoms with Crippen molar-refractivity contribution in [3.05, 3.63) is 0 Å². The number of nitrogens with zero attached hydrogens (tertiary/aromatic N) is 1. The lowest BCUT2D eigenvalue weighted by Crippen LogP contribution is -2.24. The summed E-state index contributed by atoms with van der Waals surface area (Å²) in [5.74, 6) is 0. The Morgan fingerprint density at radius 2 is 1.90 bits per heavy atom. The average molecular weight is 321 g/mol. The second kappa shape index (κ2) is 14.8. The third-order valence-corrected chi connectivity index (χ3v) is 3.84. The van der Waals surface area contributed by atoms with Crippen LogP contribution in [0.1, 0.15) is 58.8 Å².